The lowest BCUT2D eigenvalue weighted by atomic mass is 9.95. The van der Waals surface area contributed by atoms with Crippen molar-refractivity contribution >= 4 is 35.6 Å². The Morgan fingerprint density at radius 1 is 1.47 bits per heavy atom. The third-order valence-electron chi connectivity index (χ3n) is 3.68. The van der Waals surface area contributed by atoms with Gasteiger partial charge in [0.25, 0.3) is 0 Å². The molecule has 0 radical (unpaired) electrons. The van der Waals surface area contributed by atoms with Crippen molar-refractivity contribution in [2.75, 3.05) is 11.9 Å². The summed E-state index contributed by atoms with van der Waals surface area (Å²) in [5.74, 6) is 0.398. The first kappa shape index (κ1) is 16.3. The summed E-state index contributed by atoms with van der Waals surface area (Å²) in [5, 5.41) is 3.51. The number of halogens is 2. The summed E-state index contributed by atoms with van der Waals surface area (Å²) < 4.78 is 0. The van der Waals surface area contributed by atoms with Gasteiger partial charge in [-0.05, 0) is 49.9 Å². The van der Waals surface area contributed by atoms with E-state index in [1.807, 2.05) is 25.1 Å². The molecule has 1 saturated carbocycles. The van der Waals surface area contributed by atoms with E-state index in [2.05, 4.69) is 5.32 Å². The highest BCUT2D eigenvalue weighted by Gasteiger charge is 2.32. The van der Waals surface area contributed by atoms with Crippen molar-refractivity contribution in [3.05, 3.63) is 28.8 Å². The first-order chi connectivity index (χ1) is 8.61. The van der Waals surface area contributed by atoms with Crippen LogP contribution in [0.4, 0.5) is 5.69 Å². The first-order valence-corrected chi connectivity index (χ1v) is 6.76. The average molecular weight is 303 g/mol. The molecule has 0 heterocycles. The minimum Gasteiger partial charge on any atom is -0.330 e. The van der Waals surface area contributed by atoms with Gasteiger partial charge in [0.15, 0.2) is 0 Å². The van der Waals surface area contributed by atoms with E-state index in [0.717, 1.165) is 24.8 Å². The van der Waals surface area contributed by atoms with Crippen LogP contribution in [0.3, 0.4) is 0 Å². The van der Waals surface area contributed by atoms with Gasteiger partial charge in [-0.1, -0.05) is 24.1 Å². The molecule has 3 N–H and O–H groups in total. The summed E-state index contributed by atoms with van der Waals surface area (Å²) in [4.78, 5) is 12.2. The van der Waals surface area contributed by atoms with Crippen molar-refractivity contribution in [1.29, 1.82) is 0 Å². The summed E-state index contributed by atoms with van der Waals surface area (Å²) in [6, 6.07) is 5.64. The van der Waals surface area contributed by atoms with Crippen LogP contribution in [-0.2, 0) is 4.79 Å². The molecule has 0 unspecified atom stereocenters. The molecular weight excluding hydrogens is 283 g/mol. The zero-order valence-corrected chi connectivity index (χ0v) is 12.6. The SMILES string of the molecule is Cc1ccc(NC(=O)[C@@H]2CCC[C@@H]2CN)c(Cl)c1.Cl. The highest BCUT2D eigenvalue weighted by atomic mass is 35.5. The maximum Gasteiger partial charge on any atom is 0.227 e. The summed E-state index contributed by atoms with van der Waals surface area (Å²) >= 11 is 6.11. The van der Waals surface area contributed by atoms with Gasteiger partial charge >= 0.3 is 0 Å². The molecule has 0 aliphatic heterocycles. The van der Waals surface area contributed by atoms with Crippen LogP contribution in [0, 0.1) is 18.8 Å². The predicted octanol–water partition coefficient (Wildman–Crippen LogP) is 3.38. The maximum atomic E-state index is 12.2. The number of anilines is 1. The largest absolute Gasteiger partial charge is 0.330 e. The predicted molar refractivity (Wildman–Crippen MR) is 82.0 cm³/mol. The number of benzene rings is 1. The van der Waals surface area contributed by atoms with Gasteiger partial charge in [-0.15, -0.1) is 12.4 Å². The molecule has 1 aromatic rings. The standard InChI is InChI=1S/C14H19ClN2O.ClH/c1-9-5-6-13(12(15)7-9)17-14(18)11-4-2-3-10(11)8-16;/h5-7,10-11H,2-4,8,16H2,1H3,(H,17,18);1H/t10-,11-;/m1./s1. The second-order valence-corrected chi connectivity index (χ2v) is 5.41. The van der Waals surface area contributed by atoms with Crippen molar-refractivity contribution in [1.82, 2.24) is 0 Å². The molecule has 106 valence electrons. The third-order valence-corrected chi connectivity index (χ3v) is 3.99. The van der Waals surface area contributed by atoms with Gasteiger partial charge in [0, 0.05) is 5.92 Å². The minimum absolute atomic E-state index is 0. The number of hydrogen-bond donors (Lipinski definition) is 2. The van der Waals surface area contributed by atoms with E-state index in [4.69, 9.17) is 17.3 Å². The van der Waals surface area contributed by atoms with Crippen LogP contribution in [-0.4, -0.2) is 12.5 Å². The van der Waals surface area contributed by atoms with Gasteiger partial charge in [-0.25, -0.2) is 0 Å². The van der Waals surface area contributed by atoms with Gasteiger partial charge < -0.3 is 11.1 Å². The Balaban J connectivity index is 0.00000180. The molecule has 2 rings (SSSR count). The Hall–Kier alpha value is -0.770. The van der Waals surface area contributed by atoms with Crippen molar-refractivity contribution in [2.45, 2.75) is 26.2 Å². The Kier molecular flexibility index (Phi) is 6.11. The lowest BCUT2D eigenvalue weighted by Gasteiger charge is -2.18. The highest BCUT2D eigenvalue weighted by Crippen LogP contribution is 2.32. The molecule has 1 aromatic carbocycles. The van der Waals surface area contributed by atoms with Crippen LogP contribution < -0.4 is 11.1 Å². The quantitative estimate of drug-likeness (QED) is 0.899. The fraction of sp³-hybridized carbons (Fsp3) is 0.500. The normalized spacial score (nSPS) is 21.8. The lowest BCUT2D eigenvalue weighted by Crippen LogP contribution is -2.29. The van der Waals surface area contributed by atoms with Gasteiger partial charge in [0.05, 0.1) is 10.7 Å². The van der Waals surface area contributed by atoms with Crippen LogP contribution in [0.1, 0.15) is 24.8 Å². The molecule has 0 spiro atoms. The monoisotopic (exact) mass is 302 g/mol. The highest BCUT2D eigenvalue weighted by molar-refractivity contribution is 6.33. The van der Waals surface area contributed by atoms with Crippen LogP contribution in [0.2, 0.25) is 5.02 Å². The number of aryl methyl sites for hydroxylation is 1. The molecule has 0 bridgehead atoms. The topological polar surface area (TPSA) is 55.1 Å². The van der Waals surface area contributed by atoms with E-state index < -0.39 is 0 Å². The molecular formula is C14H20Cl2N2O. The fourth-order valence-electron chi connectivity index (χ4n) is 2.61. The molecule has 1 fully saturated rings. The summed E-state index contributed by atoms with van der Waals surface area (Å²) in [5.41, 5.74) is 7.47. The summed E-state index contributed by atoms with van der Waals surface area (Å²) in [6.45, 7) is 2.55. The van der Waals surface area contributed by atoms with Crippen LogP contribution in [0.5, 0.6) is 0 Å². The number of amides is 1. The minimum atomic E-state index is 0. The Morgan fingerprint density at radius 2 is 2.21 bits per heavy atom. The molecule has 0 saturated heterocycles. The Labute approximate surface area is 125 Å². The number of nitrogens with one attached hydrogen (secondary N) is 1. The molecule has 1 aliphatic carbocycles. The maximum absolute atomic E-state index is 12.2. The van der Waals surface area contributed by atoms with Crippen molar-refractivity contribution in [3.63, 3.8) is 0 Å². The molecule has 19 heavy (non-hydrogen) atoms. The van der Waals surface area contributed by atoms with Crippen molar-refractivity contribution in [3.8, 4) is 0 Å². The Bertz CT molecular complexity index is 451. The van der Waals surface area contributed by atoms with Gasteiger partial charge in [-0.2, -0.15) is 0 Å². The van der Waals surface area contributed by atoms with Crippen molar-refractivity contribution < 1.29 is 4.79 Å². The fourth-order valence-corrected chi connectivity index (χ4v) is 2.89. The van der Waals surface area contributed by atoms with Gasteiger partial charge in [0.1, 0.15) is 0 Å². The van der Waals surface area contributed by atoms with Crippen molar-refractivity contribution in [2.24, 2.45) is 17.6 Å². The number of rotatable bonds is 3. The molecule has 1 amide bonds. The average Bonchev–Trinajstić information content (AvgIpc) is 2.81. The van der Waals surface area contributed by atoms with E-state index >= 15 is 0 Å². The van der Waals surface area contributed by atoms with E-state index in [0.29, 0.717) is 23.2 Å². The third kappa shape index (κ3) is 3.85. The van der Waals surface area contributed by atoms with E-state index in [9.17, 15) is 4.79 Å². The van der Waals surface area contributed by atoms with Gasteiger partial charge in [-0.3, -0.25) is 4.79 Å². The van der Waals surface area contributed by atoms with E-state index in [1.54, 1.807) is 0 Å². The van der Waals surface area contributed by atoms with Gasteiger partial charge in [0.2, 0.25) is 5.91 Å². The molecule has 5 heteroatoms. The zero-order chi connectivity index (χ0) is 13.1. The molecule has 0 aromatic heterocycles. The molecule has 3 nitrogen and oxygen atoms in total. The van der Waals surface area contributed by atoms with E-state index in [1.165, 1.54) is 0 Å². The summed E-state index contributed by atoms with van der Waals surface area (Å²) in [7, 11) is 0. The second-order valence-electron chi connectivity index (χ2n) is 5.01. The van der Waals surface area contributed by atoms with E-state index in [-0.39, 0.29) is 24.2 Å². The first-order valence-electron chi connectivity index (χ1n) is 6.39. The van der Waals surface area contributed by atoms with Crippen LogP contribution in [0.25, 0.3) is 0 Å². The number of carbonyl (C=O) groups is 1. The Morgan fingerprint density at radius 3 is 2.84 bits per heavy atom. The second kappa shape index (κ2) is 7.13. The molecule has 2 atom stereocenters. The smallest absolute Gasteiger partial charge is 0.227 e. The number of hydrogen-bond acceptors (Lipinski definition) is 2. The number of nitrogens with two attached hydrogens (primary N) is 1. The van der Waals surface area contributed by atoms with Crippen LogP contribution >= 0.6 is 24.0 Å². The lowest BCUT2D eigenvalue weighted by molar-refractivity contribution is -0.120. The number of carbonyl (C=O) groups excluding carboxylic acids is 1. The molecule has 1 aliphatic rings. The zero-order valence-electron chi connectivity index (χ0n) is 11.0. The summed E-state index contributed by atoms with van der Waals surface area (Å²) in [6.07, 6.45) is 3.06. The van der Waals surface area contributed by atoms with Crippen LogP contribution in [0.15, 0.2) is 18.2 Å².